The minimum Gasteiger partial charge on any atom is -0.311 e. The summed E-state index contributed by atoms with van der Waals surface area (Å²) in [7, 11) is 0. The molecule has 0 aromatic carbocycles. The van der Waals surface area contributed by atoms with Gasteiger partial charge in [-0.1, -0.05) is 40.0 Å². The van der Waals surface area contributed by atoms with Gasteiger partial charge in [-0.2, -0.15) is 0 Å². The predicted octanol–water partition coefficient (Wildman–Crippen LogP) is 3.67. The summed E-state index contributed by atoms with van der Waals surface area (Å²) in [4.78, 5) is 2.79. The van der Waals surface area contributed by atoms with Gasteiger partial charge in [-0.15, -0.1) is 0 Å². The second-order valence-electron chi connectivity index (χ2n) is 7.19. The molecule has 0 aromatic heterocycles. The average molecular weight is 266 g/mol. The Hall–Kier alpha value is -0.0800. The maximum Gasteiger partial charge on any atom is 0.0224 e. The van der Waals surface area contributed by atoms with Gasteiger partial charge in [-0.3, -0.25) is 4.90 Å². The van der Waals surface area contributed by atoms with E-state index in [-0.39, 0.29) is 0 Å². The van der Waals surface area contributed by atoms with Gasteiger partial charge < -0.3 is 5.32 Å². The van der Waals surface area contributed by atoms with Crippen LogP contribution in [0.2, 0.25) is 0 Å². The lowest BCUT2D eigenvalue weighted by Gasteiger charge is -2.44. The van der Waals surface area contributed by atoms with Crippen molar-refractivity contribution in [3.05, 3.63) is 0 Å². The first-order valence-electron chi connectivity index (χ1n) is 8.68. The van der Waals surface area contributed by atoms with Crippen molar-refractivity contribution < 1.29 is 0 Å². The van der Waals surface area contributed by atoms with Gasteiger partial charge in [0.2, 0.25) is 0 Å². The number of hydrogen-bond donors (Lipinski definition) is 1. The largest absolute Gasteiger partial charge is 0.311 e. The summed E-state index contributed by atoms with van der Waals surface area (Å²) in [6, 6.07) is 1.55. The van der Waals surface area contributed by atoms with E-state index in [0.29, 0.717) is 0 Å². The molecule has 2 heteroatoms. The van der Waals surface area contributed by atoms with E-state index in [1.807, 2.05) is 0 Å². The van der Waals surface area contributed by atoms with E-state index in [1.165, 1.54) is 64.6 Å². The smallest absolute Gasteiger partial charge is 0.0224 e. The van der Waals surface area contributed by atoms with Crippen LogP contribution in [0.4, 0.5) is 0 Å². The van der Waals surface area contributed by atoms with Crippen LogP contribution in [0.5, 0.6) is 0 Å². The molecule has 1 saturated heterocycles. The van der Waals surface area contributed by atoms with Crippen LogP contribution >= 0.6 is 0 Å². The van der Waals surface area contributed by atoms with Crippen molar-refractivity contribution in [1.82, 2.24) is 10.2 Å². The van der Waals surface area contributed by atoms with Crippen LogP contribution < -0.4 is 5.32 Å². The fraction of sp³-hybridized carbons (Fsp3) is 1.00. The third kappa shape index (κ3) is 4.46. The van der Waals surface area contributed by atoms with Crippen LogP contribution in [-0.4, -0.2) is 36.6 Å². The number of nitrogens with zero attached hydrogens (tertiary/aromatic N) is 1. The van der Waals surface area contributed by atoms with Crippen molar-refractivity contribution in [2.75, 3.05) is 19.6 Å². The first kappa shape index (κ1) is 15.3. The van der Waals surface area contributed by atoms with Gasteiger partial charge in [0.25, 0.3) is 0 Å². The predicted molar refractivity (Wildman–Crippen MR) is 83.5 cm³/mol. The molecule has 1 aliphatic carbocycles. The second kappa shape index (κ2) is 7.64. The van der Waals surface area contributed by atoms with E-state index in [1.54, 1.807) is 0 Å². The fourth-order valence-corrected chi connectivity index (χ4v) is 4.07. The number of nitrogens with one attached hydrogen (secondary N) is 1. The Morgan fingerprint density at radius 1 is 1.16 bits per heavy atom. The topological polar surface area (TPSA) is 15.3 Å². The molecule has 1 aliphatic heterocycles. The van der Waals surface area contributed by atoms with E-state index < -0.39 is 0 Å². The van der Waals surface area contributed by atoms with Gasteiger partial charge in [-0.05, 0) is 44.1 Å². The molecule has 0 amide bonds. The first-order valence-corrected chi connectivity index (χ1v) is 8.68. The van der Waals surface area contributed by atoms with E-state index in [4.69, 9.17) is 0 Å². The average Bonchev–Trinajstić information content (AvgIpc) is 2.41. The van der Waals surface area contributed by atoms with Crippen LogP contribution in [0.3, 0.4) is 0 Å². The molecule has 0 aromatic rings. The molecular weight excluding hydrogens is 232 g/mol. The molecule has 2 fully saturated rings. The highest BCUT2D eigenvalue weighted by Gasteiger charge is 2.32. The lowest BCUT2D eigenvalue weighted by atomic mass is 9.82. The molecule has 2 atom stereocenters. The number of rotatable bonds is 5. The zero-order chi connectivity index (χ0) is 13.7. The highest BCUT2D eigenvalue weighted by molar-refractivity contribution is 4.90. The lowest BCUT2D eigenvalue weighted by molar-refractivity contribution is 0.0846. The van der Waals surface area contributed by atoms with E-state index in [0.717, 1.165) is 23.9 Å². The molecule has 19 heavy (non-hydrogen) atoms. The summed E-state index contributed by atoms with van der Waals surface area (Å²) < 4.78 is 0. The fourth-order valence-electron chi connectivity index (χ4n) is 4.07. The molecule has 2 aliphatic rings. The van der Waals surface area contributed by atoms with Crippen molar-refractivity contribution in [3.8, 4) is 0 Å². The Bertz CT molecular complexity index is 246. The highest BCUT2D eigenvalue weighted by Crippen LogP contribution is 2.29. The third-order valence-electron chi connectivity index (χ3n) is 5.04. The molecule has 0 radical (unpaired) electrons. The molecular formula is C17H34N2. The highest BCUT2D eigenvalue weighted by atomic mass is 15.2. The Kier molecular flexibility index (Phi) is 6.15. The molecule has 112 valence electrons. The molecule has 1 saturated carbocycles. The summed E-state index contributed by atoms with van der Waals surface area (Å²) in [5.74, 6) is 1.77. The standard InChI is InChI=1S/C17H34N2/c1-4-10-19-13-17(15-8-6-5-7-9-15)18-12-16(19)11-14(2)3/h14-18H,4-13H2,1-3H3. The van der Waals surface area contributed by atoms with E-state index >= 15 is 0 Å². The molecule has 0 bridgehead atoms. The van der Waals surface area contributed by atoms with Gasteiger partial charge in [0.05, 0.1) is 0 Å². The maximum atomic E-state index is 3.89. The summed E-state index contributed by atoms with van der Waals surface area (Å²) in [5, 5.41) is 3.89. The Balaban J connectivity index is 1.89. The minimum absolute atomic E-state index is 0.773. The molecule has 0 spiro atoms. The summed E-state index contributed by atoms with van der Waals surface area (Å²) in [6.45, 7) is 10.9. The van der Waals surface area contributed by atoms with Crippen LogP contribution in [0.25, 0.3) is 0 Å². The zero-order valence-corrected chi connectivity index (χ0v) is 13.3. The van der Waals surface area contributed by atoms with Crippen LogP contribution in [-0.2, 0) is 0 Å². The van der Waals surface area contributed by atoms with E-state index in [9.17, 15) is 0 Å². The monoisotopic (exact) mass is 266 g/mol. The van der Waals surface area contributed by atoms with Crippen LogP contribution in [0.1, 0.15) is 65.7 Å². The minimum atomic E-state index is 0.773. The summed E-state index contributed by atoms with van der Waals surface area (Å²) in [6.07, 6.45) is 9.98. The Labute approximate surface area is 120 Å². The van der Waals surface area contributed by atoms with Gasteiger partial charge >= 0.3 is 0 Å². The van der Waals surface area contributed by atoms with Crippen LogP contribution in [0, 0.1) is 11.8 Å². The Morgan fingerprint density at radius 2 is 1.89 bits per heavy atom. The molecule has 1 heterocycles. The summed E-state index contributed by atoms with van der Waals surface area (Å²) in [5.41, 5.74) is 0. The van der Waals surface area contributed by atoms with Gasteiger partial charge in [-0.25, -0.2) is 0 Å². The normalized spacial score (nSPS) is 30.9. The molecule has 2 nitrogen and oxygen atoms in total. The second-order valence-corrected chi connectivity index (χ2v) is 7.19. The quantitative estimate of drug-likeness (QED) is 0.817. The molecule has 1 N–H and O–H groups in total. The van der Waals surface area contributed by atoms with Gasteiger partial charge in [0.1, 0.15) is 0 Å². The number of piperazine rings is 1. The van der Waals surface area contributed by atoms with Gasteiger partial charge in [0.15, 0.2) is 0 Å². The van der Waals surface area contributed by atoms with Gasteiger partial charge in [0, 0.05) is 25.2 Å². The zero-order valence-electron chi connectivity index (χ0n) is 13.3. The first-order chi connectivity index (χ1) is 9.20. The lowest BCUT2D eigenvalue weighted by Crippen LogP contribution is -2.59. The van der Waals surface area contributed by atoms with Crippen molar-refractivity contribution in [2.45, 2.75) is 77.8 Å². The van der Waals surface area contributed by atoms with Crippen LogP contribution in [0.15, 0.2) is 0 Å². The summed E-state index contributed by atoms with van der Waals surface area (Å²) >= 11 is 0. The number of hydrogen-bond acceptors (Lipinski definition) is 2. The van der Waals surface area contributed by atoms with E-state index in [2.05, 4.69) is 31.0 Å². The SMILES string of the molecule is CCCN1CC(C2CCCCC2)NCC1CC(C)C. The maximum absolute atomic E-state index is 3.89. The third-order valence-corrected chi connectivity index (χ3v) is 5.04. The van der Waals surface area contributed by atoms with Crippen molar-refractivity contribution in [2.24, 2.45) is 11.8 Å². The van der Waals surface area contributed by atoms with Crippen molar-refractivity contribution >= 4 is 0 Å². The Morgan fingerprint density at radius 3 is 2.53 bits per heavy atom. The van der Waals surface area contributed by atoms with Crippen molar-refractivity contribution in [3.63, 3.8) is 0 Å². The van der Waals surface area contributed by atoms with Crippen molar-refractivity contribution in [1.29, 1.82) is 0 Å². The molecule has 2 rings (SSSR count). The molecule has 2 unspecified atom stereocenters.